The quantitative estimate of drug-likeness (QED) is 0.938. The lowest BCUT2D eigenvalue weighted by atomic mass is 10.1. The van der Waals surface area contributed by atoms with Crippen molar-refractivity contribution in [2.24, 2.45) is 0 Å². The smallest absolute Gasteiger partial charge is 0.354 e. The van der Waals surface area contributed by atoms with Gasteiger partial charge in [0.1, 0.15) is 11.6 Å². The Hall–Kier alpha value is -2.14. The van der Waals surface area contributed by atoms with Gasteiger partial charge in [-0.3, -0.25) is 0 Å². The molecular formula is C13H9ClFNO3. The molecular weight excluding hydrogens is 273 g/mol. The molecule has 4 nitrogen and oxygen atoms in total. The molecule has 1 N–H and O–H groups in total. The minimum Gasteiger partial charge on any atom is -0.496 e. The molecule has 0 spiro atoms. The summed E-state index contributed by atoms with van der Waals surface area (Å²) in [4.78, 5) is 14.6. The first kappa shape index (κ1) is 13.3. The fourth-order valence-corrected chi connectivity index (χ4v) is 1.79. The van der Waals surface area contributed by atoms with Gasteiger partial charge >= 0.3 is 5.97 Å². The number of ether oxygens (including phenoxy) is 1. The van der Waals surface area contributed by atoms with Crippen molar-refractivity contribution in [1.29, 1.82) is 0 Å². The van der Waals surface area contributed by atoms with Crippen molar-refractivity contribution in [3.8, 4) is 16.9 Å². The van der Waals surface area contributed by atoms with Crippen molar-refractivity contribution in [3.05, 3.63) is 47.0 Å². The molecule has 98 valence electrons. The molecule has 0 atom stereocenters. The SMILES string of the molecule is COc1cc(C(=O)O)ncc1-c1ccc(Cl)cc1F. The van der Waals surface area contributed by atoms with Crippen LogP contribution in [-0.2, 0) is 0 Å². The summed E-state index contributed by atoms with van der Waals surface area (Å²) >= 11 is 5.68. The molecule has 0 aliphatic heterocycles. The third kappa shape index (κ3) is 2.66. The second kappa shape index (κ2) is 5.24. The van der Waals surface area contributed by atoms with Crippen molar-refractivity contribution >= 4 is 17.6 Å². The van der Waals surface area contributed by atoms with Gasteiger partial charge in [-0.05, 0) is 18.2 Å². The molecule has 0 unspecified atom stereocenters. The largest absolute Gasteiger partial charge is 0.496 e. The number of aromatic carboxylic acids is 1. The van der Waals surface area contributed by atoms with Gasteiger partial charge in [0.05, 0.1) is 7.11 Å². The number of hydrogen-bond acceptors (Lipinski definition) is 3. The van der Waals surface area contributed by atoms with Crippen LogP contribution in [0.2, 0.25) is 5.02 Å². The average molecular weight is 282 g/mol. The van der Waals surface area contributed by atoms with Crippen LogP contribution >= 0.6 is 11.6 Å². The lowest BCUT2D eigenvalue weighted by molar-refractivity contribution is 0.0690. The Labute approximate surface area is 113 Å². The number of pyridine rings is 1. The summed E-state index contributed by atoms with van der Waals surface area (Å²) in [7, 11) is 1.37. The molecule has 1 heterocycles. The molecule has 19 heavy (non-hydrogen) atoms. The predicted octanol–water partition coefficient (Wildman–Crippen LogP) is 3.25. The number of hydrogen-bond donors (Lipinski definition) is 1. The molecule has 0 aliphatic rings. The van der Waals surface area contributed by atoms with Crippen LogP contribution < -0.4 is 4.74 Å². The number of carboxylic acid groups (broad SMARTS) is 1. The highest BCUT2D eigenvalue weighted by Gasteiger charge is 2.15. The molecule has 1 aromatic carbocycles. The van der Waals surface area contributed by atoms with Gasteiger partial charge < -0.3 is 9.84 Å². The van der Waals surface area contributed by atoms with Crippen LogP contribution in [0, 0.1) is 5.82 Å². The number of carboxylic acids is 1. The molecule has 2 aromatic rings. The molecule has 0 saturated carbocycles. The highest BCUT2D eigenvalue weighted by Crippen LogP contribution is 2.32. The Morgan fingerprint density at radius 2 is 2.11 bits per heavy atom. The van der Waals surface area contributed by atoms with Crippen LogP contribution in [0.25, 0.3) is 11.1 Å². The first-order valence-electron chi connectivity index (χ1n) is 5.25. The minimum atomic E-state index is -1.18. The van der Waals surface area contributed by atoms with E-state index >= 15 is 0 Å². The standard InChI is InChI=1S/C13H9ClFNO3/c1-19-12-5-11(13(17)18)16-6-9(12)8-3-2-7(14)4-10(8)15/h2-6H,1H3,(H,17,18). The average Bonchev–Trinajstić information content (AvgIpc) is 2.38. The third-order valence-corrected chi connectivity index (χ3v) is 2.76. The number of benzene rings is 1. The summed E-state index contributed by atoms with van der Waals surface area (Å²) in [6, 6.07) is 5.43. The van der Waals surface area contributed by atoms with Crippen molar-refractivity contribution < 1.29 is 19.0 Å². The van der Waals surface area contributed by atoms with Gasteiger partial charge in [0, 0.05) is 28.4 Å². The molecule has 0 aliphatic carbocycles. The minimum absolute atomic E-state index is 0.171. The molecule has 0 fully saturated rings. The zero-order valence-electron chi connectivity index (χ0n) is 9.85. The van der Waals surface area contributed by atoms with Crippen LogP contribution in [0.1, 0.15) is 10.5 Å². The van der Waals surface area contributed by atoms with Crippen LogP contribution in [0.4, 0.5) is 4.39 Å². The molecule has 0 amide bonds. The number of nitrogens with zero attached hydrogens (tertiary/aromatic N) is 1. The van der Waals surface area contributed by atoms with E-state index in [4.69, 9.17) is 21.4 Å². The number of aromatic nitrogens is 1. The summed E-state index contributed by atoms with van der Waals surface area (Å²) in [5, 5.41) is 9.12. The van der Waals surface area contributed by atoms with Crippen molar-refractivity contribution in [3.63, 3.8) is 0 Å². The summed E-state index contributed by atoms with van der Waals surface area (Å²) in [5.74, 6) is -1.48. The molecule has 0 saturated heterocycles. The van der Waals surface area contributed by atoms with E-state index in [1.807, 2.05) is 0 Å². The van der Waals surface area contributed by atoms with Gasteiger partial charge in [-0.25, -0.2) is 14.2 Å². The zero-order chi connectivity index (χ0) is 14.0. The second-order valence-electron chi connectivity index (χ2n) is 3.70. The van der Waals surface area contributed by atoms with Crippen LogP contribution in [-0.4, -0.2) is 23.2 Å². The molecule has 2 rings (SSSR count). The van der Waals surface area contributed by atoms with E-state index in [9.17, 15) is 9.18 Å². The Kier molecular flexibility index (Phi) is 3.66. The summed E-state index contributed by atoms with van der Waals surface area (Å²) in [6.45, 7) is 0. The summed E-state index contributed by atoms with van der Waals surface area (Å²) < 4.78 is 18.9. The fourth-order valence-electron chi connectivity index (χ4n) is 1.63. The van der Waals surface area contributed by atoms with Gasteiger partial charge in [-0.1, -0.05) is 11.6 Å². The maximum absolute atomic E-state index is 13.8. The maximum atomic E-state index is 13.8. The maximum Gasteiger partial charge on any atom is 0.354 e. The predicted molar refractivity (Wildman–Crippen MR) is 68.2 cm³/mol. The summed E-state index contributed by atoms with van der Waals surface area (Å²) in [5.41, 5.74) is 0.433. The topological polar surface area (TPSA) is 59.4 Å². The van der Waals surface area contributed by atoms with Crippen molar-refractivity contribution in [1.82, 2.24) is 4.98 Å². The van der Waals surface area contributed by atoms with E-state index in [-0.39, 0.29) is 22.0 Å². The van der Waals surface area contributed by atoms with E-state index < -0.39 is 11.8 Å². The number of rotatable bonds is 3. The van der Waals surface area contributed by atoms with Gasteiger partial charge in [0.2, 0.25) is 0 Å². The van der Waals surface area contributed by atoms with E-state index in [1.165, 1.54) is 37.6 Å². The van der Waals surface area contributed by atoms with E-state index in [0.717, 1.165) is 0 Å². The summed E-state index contributed by atoms with van der Waals surface area (Å²) in [6.07, 6.45) is 1.26. The second-order valence-corrected chi connectivity index (χ2v) is 4.14. The normalized spacial score (nSPS) is 10.3. The lowest BCUT2D eigenvalue weighted by Gasteiger charge is -2.10. The van der Waals surface area contributed by atoms with Crippen molar-refractivity contribution in [2.75, 3.05) is 7.11 Å². The van der Waals surface area contributed by atoms with E-state index in [2.05, 4.69) is 4.98 Å². The molecule has 6 heteroatoms. The van der Waals surface area contributed by atoms with Gasteiger partial charge in [-0.2, -0.15) is 0 Å². The van der Waals surface area contributed by atoms with E-state index in [0.29, 0.717) is 5.56 Å². The lowest BCUT2D eigenvalue weighted by Crippen LogP contribution is -2.02. The Balaban J connectivity index is 2.58. The fraction of sp³-hybridized carbons (Fsp3) is 0.0769. The molecule has 0 radical (unpaired) electrons. The Bertz CT molecular complexity index is 646. The molecule has 1 aromatic heterocycles. The first-order valence-corrected chi connectivity index (χ1v) is 5.63. The number of methoxy groups -OCH3 is 1. The highest BCUT2D eigenvalue weighted by atomic mass is 35.5. The monoisotopic (exact) mass is 281 g/mol. The van der Waals surface area contributed by atoms with Gasteiger partial charge in [0.25, 0.3) is 0 Å². The van der Waals surface area contributed by atoms with Gasteiger partial charge in [0.15, 0.2) is 5.69 Å². The Morgan fingerprint density at radius 1 is 1.37 bits per heavy atom. The van der Waals surface area contributed by atoms with Crippen LogP contribution in [0.15, 0.2) is 30.5 Å². The van der Waals surface area contributed by atoms with Crippen molar-refractivity contribution in [2.45, 2.75) is 0 Å². The van der Waals surface area contributed by atoms with E-state index in [1.54, 1.807) is 0 Å². The Morgan fingerprint density at radius 3 is 2.68 bits per heavy atom. The van der Waals surface area contributed by atoms with Gasteiger partial charge in [-0.15, -0.1) is 0 Å². The van der Waals surface area contributed by atoms with Crippen LogP contribution in [0.5, 0.6) is 5.75 Å². The number of halogens is 2. The zero-order valence-corrected chi connectivity index (χ0v) is 10.6. The third-order valence-electron chi connectivity index (χ3n) is 2.53. The first-order chi connectivity index (χ1) is 9.02. The van der Waals surface area contributed by atoms with Crippen LogP contribution in [0.3, 0.4) is 0 Å². The highest BCUT2D eigenvalue weighted by molar-refractivity contribution is 6.30. The molecule has 0 bridgehead atoms. The number of carbonyl (C=O) groups is 1.